The van der Waals surface area contributed by atoms with Crippen molar-refractivity contribution in [1.29, 1.82) is 5.26 Å². The van der Waals surface area contributed by atoms with Gasteiger partial charge < -0.3 is 4.90 Å². The van der Waals surface area contributed by atoms with E-state index in [0.717, 1.165) is 19.4 Å². The van der Waals surface area contributed by atoms with Gasteiger partial charge in [-0.2, -0.15) is 5.26 Å². The zero-order chi connectivity index (χ0) is 10.1. The number of carbonyl (C=O) groups excluding carboxylic acids is 1. The van der Waals surface area contributed by atoms with Crippen LogP contribution in [0.15, 0.2) is 12.7 Å². The van der Waals surface area contributed by atoms with Gasteiger partial charge in [0, 0.05) is 13.1 Å². The van der Waals surface area contributed by atoms with Crippen molar-refractivity contribution in [3.63, 3.8) is 0 Å². The highest BCUT2D eigenvalue weighted by atomic mass is 16.2. The summed E-state index contributed by atoms with van der Waals surface area (Å²) < 4.78 is 0. The molecular formula is C10H16N2O. The van der Waals surface area contributed by atoms with Gasteiger partial charge in [-0.3, -0.25) is 4.79 Å². The summed E-state index contributed by atoms with van der Waals surface area (Å²) in [5, 5.41) is 8.38. The Kier molecular flexibility index (Phi) is 6.62. The molecule has 0 bridgehead atoms. The van der Waals surface area contributed by atoms with Gasteiger partial charge in [0.05, 0.1) is 12.5 Å². The topological polar surface area (TPSA) is 44.1 Å². The highest BCUT2D eigenvalue weighted by Gasteiger charge is 2.07. The molecule has 0 heterocycles. The van der Waals surface area contributed by atoms with Crippen molar-refractivity contribution in [2.75, 3.05) is 13.1 Å². The van der Waals surface area contributed by atoms with E-state index in [1.54, 1.807) is 4.90 Å². The van der Waals surface area contributed by atoms with Crippen LogP contribution in [0, 0.1) is 11.3 Å². The third-order valence-corrected chi connectivity index (χ3v) is 1.76. The van der Waals surface area contributed by atoms with Crippen LogP contribution in [0.4, 0.5) is 0 Å². The van der Waals surface area contributed by atoms with E-state index in [1.807, 2.05) is 6.07 Å². The zero-order valence-electron chi connectivity index (χ0n) is 8.12. The van der Waals surface area contributed by atoms with Gasteiger partial charge in [-0.15, -0.1) is 0 Å². The molecule has 0 fully saturated rings. The zero-order valence-corrected chi connectivity index (χ0v) is 8.12. The van der Waals surface area contributed by atoms with Crippen LogP contribution in [0.2, 0.25) is 0 Å². The smallest absolute Gasteiger partial charge is 0.245 e. The van der Waals surface area contributed by atoms with Crippen molar-refractivity contribution >= 4 is 5.91 Å². The maximum absolute atomic E-state index is 11.2. The van der Waals surface area contributed by atoms with Crippen molar-refractivity contribution in [2.45, 2.75) is 26.2 Å². The molecule has 3 heteroatoms. The molecule has 0 unspecified atom stereocenters. The first kappa shape index (κ1) is 11.7. The maximum Gasteiger partial charge on any atom is 0.245 e. The third-order valence-electron chi connectivity index (χ3n) is 1.76. The monoisotopic (exact) mass is 180 g/mol. The average molecular weight is 180 g/mol. The van der Waals surface area contributed by atoms with Crippen LogP contribution in [0.5, 0.6) is 0 Å². The third kappa shape index (κ3) is 5.02. The van der Waals surface area contributed by atoms with Gasteiger partial charge in [0.2, 0.25) is 5.91 Å². The molecule has 0 aliphatic heterocycles. The second-order valence-electron chi connectivity index (χ2n) is 2.79. The number of rotatable bonds is 6. The Morgan fingerprint density at radius 1 is 1.62 bits per heavy atom. The van der Waals surface area contributed by atoms with Crippen molar-refractivity contribution in [1.82, 2.24) is 4.90 Å². The summed E-state index contributed by atoms with van der Waals surface area (Å²) in [7, 11) is 0. The minimum atomic E-state index is -0.0799. The lowest BCUT2D eigenvalue weighted by molar-refractivity contribution is -0.126. The van der Waals surface area contributed by atoms with E-state index in [-0.39, 0.29) is 5.91 Å². The number of nitriles is 1. The number of nitrogens with zero attached hydrogens (tertiary/aromatic N) is 2. The Hall–Kier alpha value is -1.30. The normalized spacial score (nSPS) is 8.92. The van der Waals surface area contributed by atoms with Crippen LogP contribution in [0.1, 0.15) is 26.2 Å². The van der Waals surface area contributed by atoms with E-state index in [2.05, 4.69) is 13.5 Å². The molecule has 0 aromatic heterocycles. The Labute approximate surface area is 79.6 Å². The molecule has 0 aliphatic carbocycles. The Balaban J connectivity index is 3.95. The fourth-order valence-corrected chi connectivity index (χ4v) is 0.995. The summed E-state index contributed by atoms with van der Waals surface area (Å²) in [5.41, 5.74) is 0. The molecule has 0 aromatic carbocycles. The summed E-state index contributed by atoms with van der Waals surface area (Å²) >= 11 is 0. The molecule has 0 saturated carbocycles. The number of unbranched alkanes of at least 4 members (excludes halogenated alkanes) is 1. The summed E-state index contributed by atoms with van der Waals surface area (Å²) in [4.78, 5) is 12.9. The SMILES string of the molecule is C=CC(=O)N(CCC#N)CCCC. The summed E-state index contributed by atoms with van der Waals surface area (Å²) in [6, 6.07) is 2.03. The van der Waals surface area contributed by atoms with Crippen LogP contribution in [-0.4, -0.2) is 23.9 Å². The quantitative estimate of drug-likeness (QED) is 0.584. The molecular weight excluding hydrogens is 164 g/mol. The van der Waals surface area contributed by atoms with Crippen LogP contribution in [-0.2, 0) is 4.79 Å². The van der Waals surface area contributed by atoms with Gasteiger partial charge >= 0.3 is 0 Å². The predicted octanol–water partition coefficient (Wildman–Crippen LogP) is 1.71. The van der Waals surface area contributed by atoms with E-state index in [4.69, 9.17) is 5.26 Å². The van der Waals surface area contributed by atoms with E-state index in [1.165, 1.54) is 6.08 Å². The van der Waals surface area contributed by atoms with Gasteiger partial charge in [-0.05, 0) is 12.5 Å². The molecule has 0 atom stereocenters. The highest BCUT2D eigenvalue weighted by Crippen LogP contribution is 1.97. The molecule has 0 rings (SSSR count). The van der Waals surface area contributed by atoms with Crippen molar-refractivity contribution < 1.29 is 4.79 Å². The summed E-state index contributed by atoms with van der Waals surface area (Å²) in [6.45, 7) is 6.73. The van der Waals surface area contributed by atoms with Crippen molar-refractivity contribution in [3.05, 3.63) is 12.7 Å². The first-order valence-electron chi connectivity index (χ1n) is 4.54. The van der Waals surface area contributed by atoms with Crippen LogP contribution < -0.4 is 0 Å². The molecule has 3 nitrogen and oxygen atoms in total. The second-order valence-corrected chi connectivity index (χ2v) is 2.79. The number of hydrogen-bond acceptors (Lipinski definition) is 2. The molecule has 1 amide bonds. The van der Waals surface area contributed by atoms with E-state index < -0.39 is 0 Å². The Morgan fingerprint density at radius 3 is 2.77 bits per heavy atom. The fourth-order valence-electron chi connectivity index (χ4n) is 0.995. The molecule has 0 saturated heterocycles. The lowest BCUT2D eigenvalue weighted by Crippen LogP contribution is -2.31. The maximum atomic E-state index is 11.2. The second kappa shape index (κ2) is 7.35. The molecule has 0 aromatic rings. The first-order valence-corrected chi connectivity index (χ1v) is 4.54. The first-order chi connectivity index (χ1) is 6.26. The summed E-state index contributed by atoms with van der Waals surface area (Å²) in [6.07, 6.45) is 3.72. The minimum absolute atomic E-state index is 0.0799. The number of hydrogen-bond donors (Lipinski definition) is 0. The molecule has 0 N–H and O–H groups in total. The predicted molar refractivity (Wildman–Crippen MR) is 51.9 cm³/mol. The minimum Gasteiger partial charge on any atom is -0.338 e. The van der Waals surface area contributed by atoms with Crippen molar-refractivity contribution in [2.24, 2.45) is 0 Å². The van der Waals surface area contributed by atoms with Crippen LogP contribution >= 0.6 is 0 Å². The molecule has 0 aliphatic rings. The summed E-state index contributed by atoms with van der Waals surface area (Å²) in [5.74, 6) is -0.0799. The van der Waals surface area contributed by atoms with E-state index in [9.17, 15) is 4.79 Å². The van der Waals surface area contributed by atoms with Crippen LogP contribution in [0.25, 0.3) is 0 Å². The Morgan fingerprint density at radius 2 is 2.31 bits per heavy atom. The van der Waals surface area contributed by atoms with Gasteiger partial charge in [0.1, 0.15) is 0 Å². The van der Waals surface area contributed by atoms with Gasteiger partial charge in [-0.1, -0.05) is 19.9 Å². The molecule has 0 spiro atoms. The van der Waals surface area contributed by atoms with E-state index in [0.29, 0.717) is 13.0 Å². The molecule has 0 radical (unpaired) electrons. The van der Waals surface area contributed by atoms with Crippen molar-refractivity contribution in [3.8, 4) is 6.07 Å². The van der Waals surface area contributed by atoms with Crippen LogP contribution in [0.3, 0.4) is 0 Å². The van der Waals surface area contributed by atoms with Gasteiger partial charge in [-0.25, -0.2) is 0 Å². The fraction of sp³-hybridized carbons (Fsp3) is 0.600. The lowest BCUT2D eigenvalue weighted by Gasteiger charge is -2.19. The standard InChI is InChI=1S/C10H16N2O/c1-3-5-8-12(9-6-7-11)10(13)4-2/h4H,2-3,5-6,8-9H2,1H3. The Bertz CT molecular complexity index is 205. The van der Waals surface area contributed by atoms with E-state index >= 15 is 0 Å². The van der Waals surface area contributed by atoms with Gasteiger partial charge in [0.25, 0.3) is 0 Å². The molecule has 72 valence electrons. The molecule has 13 heavy (non-hydrogen) atoms. The largest absolute Gasteiger partial charge is 0.338 e. The lowest BCUT2D eigenvalue weighted by atomic mass is 10.3. The number of carbonyl (C=O) groups is 1. The van der Waals surface area contributed by atoms with Gasteiger partial charge in [0.15, 0.2) is 0 Å². The average Bonchev–Trinajstić information content (AvgIpc) is 2.17. The number of amides is 1. The highest BCUT2D eigenvalue weighted by molar-refractivity contribution is 5.86.